The van der Waals surface area contributed by atoms with Crippen LogP contribution >= 0.6 is 11.6 Å². The summed E-state index contributed by atoms with van der Waals surface area (Å²) in [6.07, 6.45) is 1.58. The fourth-order valence-electron chi connectivity index (χ4n) is 4.36. The van der Waals surface area contributed by atoms with Crippen molar-refractivity contribution in [1.29, 1.82) is 0 Å². The number of ether oxygens (including phenoxy) is 1. The average molecular weight is 485 g/mol. The van der Waals surface area contributed by atoms with Gasteiger partial charge in [0.2, 0.25) is 0 Å². The SMILES string of the molecule is O=C(c1ccc(-c2cc3c(nn2)CCCN3Cc2c(F)ccc(F)c2Cl)cc1)N1CCOCC1. The summed E-state index contributed by atoms with van der Waals surface area (Å²) < 4.78 is 33.6. The van der Waals surface area contributed by atoms with E-state index >= 15 is 0 Å². The summed E-state index contributed by atoms with van der Waals surface area (Å²) in [5.41, 5.74) is 3.82. The minimum atomic E-state index is -0.643. The first-order chi connectivity index (χ1) is 16.5. The Labute approximate surface area is 201 Å². The normalized spacial score (nSPS) is 15.9. The summed E-state index contributed by atoms with van der Waals surface area (Å²) in [4.78, 5) is 16.4. The van der Waals surface area contributed by atoms with Crippen molar-refractivity contribution in [3.05, 3.63) is 75.9 Å². The van der Waals surface area contributed by atoms with E-state index in [4.69, 9.17) is 16.3 Å². The van der Waals surface area contributed by atoms with Crippen LogP contribution in [-0.2, 0) is 17.7 Å². The topological polar surface area (TPSA) is 58.6 Å². The van der Waals surface area contributed by atoms with Crippen molar-refractivity contribution in [3.8, 4) is 11.3 Å². The molecule has 1 aromatic heterocycles. The first-order valence-corrected chi connectivity index (χ1v) is 11.6. The highest BCUT2D eigenvalue weighted by Crippen LogP contribution is 2.32. The van der Waals surface area contributed by atoms with E-state index in [-0.39, 0.29) is 23.0 Å². The van der Waals surface area contributed by atoms with Crippen LogP contribution in [0.2, 0.25) is 5.02 Å². The lowest BCUT2D eigenvalue weighted by atomic mass is 10.0. The number of benzene rings is 2. The van der Waals surface area contributed by atoms with E-state index in [1.165, 1.54) is 0 Å². The summed E-state index contributed by atoms with van der Waals surface area (Å²) in [7, 11) is 0. The number of aryl methyl sites for hydroxylation is 1. The van der Waals surface area contributed by atoms with Crippen LogP contribution in [0.4, 0.5) is 14.5 Å². The van der Waals surface area contributed by atoms with Crippen molar-refractivity contribution in [2.24, 2.45) is 0 Å². The molecule has 176 valence electrons. The third-order valence-electron chi connectivity index (χ3n) is 6.24. The van der Waals surface area contributed by atoms with Gasteiger partial charge in [0.25, 0.3) is 5.91 Å². The molecular formula is C25H23ClF2N4O2. The smallest absolute Gasteiger partial charge is 0.254 e. The fourth-order valence-corrected chi connectivity index (χ4v) is 4.57. The van der Waals surface area contributed by atoms with E-state index in [1.807, 2.05) is 23.1 Å². The van der Waals surface area contributed by atoms with Gasteiger partial charge >= 0.3 is 0 Å². The molecule has 2 aliphatic heterocycles. The number of hydrogen-bond donors (Lipinski definition) is 0. The Bertz CT molecular complexity index is 1220. The summed E-state index contributed by atoms with van der Waals surface area (Å²) in [5, 5.41) is 8.57. The highest BCUT2D eigenvalue weighted by Gasteiger charge is 2.23. The summed E-state index contributed by atoms with van der Waals surface area (Å²) in [5.74, 6) is -1.21. The number of amides is 1. The lowest BCUT2D eigenvalue weighted by Gasteiger charge is -2.31. The quantitative estimate of drug-likeness (QED) is 0.510. The monoisotopic (exact) mass is 484 g/mol. The minimum Gasteiger partial charge on any atom is -0.378 e. The number of nitrogens with zero attached hydrogens (tertiary/aromatic N) is 4. The molecule has 3 aromatic rings. The van der Waals surface area contributed by atoms with E-state index in [2.05, 4.69) is 10.2 Å². The van der Waals surface area contributed by atoms with E-state index in [9.17, 15) is 13.6 Å². The van der Waals surface area contributed by atoms with E-state index in [0.29, 0.717) is 44.1 Å². The Morgan fingerprint density at radius 2 is 1.74 bits per heavy atom. The van der Waals surface area contributed by atoms with Crippen molar-refractivity contribution in [2.45, 2.75) is 19.4 Å². The third-order valence-corrected chi connectivity index (χ3v) is 6.65. The van der Waals surface area contributed by atoms with Gasteiger partial charge in [0.05, 0.1) is 35.3 Å². The van der Waals surface area contributed by atoms with Gasteiger partial charge in [0.1, 0.15) is 11.6 Å². The van der Waals surface area contributed by atoms with Gasteiger partial charge in [0.15, 0.2) is 0 Å². The standard InChI is InChI=1S/C25H23ClF2N4O2/c26-24-18(19(27)7-8-20(24)28)15-32-9-1-2-21-23(32)14-22(30-29-21)16-3-5-17(6-4-16)25(33)31-10-12-34-13-11-31/h3-8,14H,1-2,9-13,15H2. The van der Waals surface area contributed by atoms with Crippen molar-refractivity contribution >= 4 is 23.2 Å². The summed E-state index contributed by atoms with van der Waals surface area (Å²) in [6.45, 7) is 3.07. The number of halogens is 3. The fraction of sp³-hybridized carbons (Fsp3) is 0.320. The lowest BCUT2D eigenvalue weighted by molar-refractivity contribution is 0.0303. The van der Waals surface area contributed by atoms with Crippen LogP contribution in [-0.4, -0.2) is 53.9 Å². The van der Waals surface area contributed by atoms with Gasteiger partial charge in [-0.05, 0) is 43.2 Å². The van der Waals surface area contributed by atoms with E-state index in [1.54, 1.807) is 17.0 Å². The highest BCUT2D eigenvalue weighted by atomic mass is 35.5. The van der Waals surface area contributed by atoms with Crippen molar-refractivity contribution < 1.29 is 18.3 Å². The number of carbonyl (C=O) groups is 1. The number of aromatic nitrogens is 2. The molecule has 0 unspecified atom stereocenters. The highest BCUT2D eigenvalue weighted by molar-refractivity contribution is 6.31. The van der Waals surface area contributed by atoms with Gasteiger partial charge in [-0.25, -0.2) is 8.78 Å². The maximum atomic E-state index is 14.4. The zero-order valence-electron chi connectivity index (χ0n) is 18.4. The van der Waals surface area contributed by atoms with Crippen LogP contribution in [0.15, 0.2) is 42.5 Å². The molecule has 0 bridgehead atoms. The van der Waals surface area contributed by atoms with Crippen molar-refractivity contribution in [2.75, 3.05) is 37.7 Å². The second kappa shape index (κ2) is 9.64. The molecule has 2 aromatic carbocycles. The molecule has 0 N–H and O–H groups in total. The Hall–Kier alpha value is -3.10. The molecule has 1 saturated heterocycles. The second-order valence-electron chi connectivity index (χ2n) is 8.39. The number of fused-ring (bicyclic) bond motifs is 1. The molecule has 5 rings (SSSR count). The predicted octanol–water partition coefficient (Wildman–Crippen LogP) is 4.50. The van der Waals surface area contributed by atoms with Crippen LogP contribution < -0.4 is 4.90 Å². The largest absolute Gasteiger partial charge is 0.378 e. The molecule has 0 atom stereocenters. The van der Waals surface area contributed by atoms with Crippen LogP contribution in [0.3, 0.4) is 0 Å². The lowest BCUT2D eigenvalue weighted by Crippen LogP contribution is -2.40. The molecule has 0 saturated carbocycles. The maximum absolute atomic E-state index is 14.4. The molecule has 0 radical (unpaired) electrons. The first kappa shape index (κ1) is 22.7. The van der Waals surface area contributed by atoms with Crippen LogP contribution in [0, 0.1) is 11.6 Å². The van der Waals surface area contributed by atoms with Crippen molar-refractivity contribution in [1.82, 2.24) is 15.1 Å². The zero-order chi connectivity index (χ0) is 23.7. The molecule has 3 heterocycles. The first-order valence-electron chi connectivity index (χ1n) is 11.2. The van der Waals surface area contributed by atoms with E-state index in [0.717, 1.165) is 41.9 Å². The predicted molar refractivity (Wildman–Crippen MR) is 125 cm³/mol. The molecule has 2 aliphatic rings. The van der Waals surface area contributed by atoms with E-state index < -0.39 is 11.6 Å². The number of anilines is 1. The average Bonchev–Trinajstić information content (AvgIpc) is 2.89. The molecule has 6 nitrogen and oxygen atoms in total. The minimum absolute atomic E-state index is 0.0217. The van der Waals surface area contributed by atoms with Crippen LogP contribution in [0.25, 0.3) is 11.3 Å². The summed E-state index contributed by atoms with van der Waals surface area (Å²) >= 11 is 6.06. The zero-order valence-corrected chi connectivity index (χ0v) is 19.2. The van der Waals surface area contributed by atoms with Gasteiger partial charge in [-0.1, -0.05) is 23.7 Å². The van der Waals surface area contributed by atoms with Gasteiger partial charge in [-0.15, -0.1) is 0 Å². The van der Waals surface area contributed by atoms with Crippen LogP contribution in [0.5, 0.6) is 0 Å². The molecule has 9 heteroatoms. The second-order valence-corrected chi connectivity index (χ2v) is 8.77. The van der Waals surface area contributed by atoms with Gasteiger partial charge in [-0.2, -0.15) is 10.2 Å². The Balaban J connectivity index is 1.40. The van der Waals surface area contributed by atoms with Crippen LogP contribution in [0.1, 0.15) is 28.0 Å². The van der Waals surface area contributed by atoms with Gasteiger partial charge in [0, 0.05) is 42.9 Å². The maximum Gasteiger partial charge on any atom is 0.254 e. The molecule has 1 amide bonds. The molecule has 34 heavy (non-hydrogen) atoms. The number of rotatable bonds is 4. The Morgan fingerprint density at radius 1 is 1.00 bits per heavy atom. The molecule has 0 spiro atoms. The Morgan fingerprint density at radius 3 is 2.50 bits per heavy atom. The number of carbonyl (C=O) groups excluding carboxylic acids is 1. The summed E-state index contributed by atoms with van der Waals surface area (Å²) in [6, 6.07) is 11.3. The molecular weight excluding hydrogens is 462 g/mol. The molecule has 0 aliphatic carbocycles. The van der Waals surface area contributed by atoms with Gasteiger partial charge < -0.3 is 14.5 Å². The van der Waals surface area contributed by atoms with Crippen molar-refractivity contribution in [3.63, 3.8) is 0 Å². The Kier molecular flexibility index (Phi) is 6.43. The van der Waals surface area contributed by atoms with Gasteiger partial charge in [-0.3, -0.25) is 4.79 Å². The number of hydrogen-bond acceptors (Lipinski definition) is 5. The number of morpholine rings is 1. The third kappa shape index (κ3) is 4.48. The molecule has 1 fully saturated rings.